The number of carbonyl (C=O) groups is 1. The molecule has 1 fully saturated rings. The van der Waals surface area contributed by atoms with Crippen LogP contribution in [-0.2, 0) is 6.61 Å². The molecule has 1 amide bonds. The number of furan rings is 1. The van der Waals surface area contributed by atoms with Gasteiger partial charge < -0.3 is 19.8 Å². The van der Waals surface area contributed by atoms with E-state index in [1.807, 2.05) is 12.1 Å². The highest BCUT2D eigenvalue weighted by Crippen LogP contribution is 2.30. The van der Waals surface area contributed by atoms with Gasteiger partial charge in [-0.2, -0.15) is 0 Å². The Labute approximate surface area is 166 Å². The van der Waals surface area contributed by atoms with Crippen molar-refractivity contribution in [3.63, 3.8) is 0 Å². The SMILES string of the molecule is Cc1oc2ccc(OCc3cccnc3)cc2c1C(=O)NC1CCNCC1(F)F. The summed E-state index contributed by atoms with van der Waals surface area (Å²) >= 11 is 0. The first-order chi connectivity index (χ1) is 13.9. The highest BCUT2D eigenvalue weighted by Gasteiger charge is 2.42. The molecule has 1 aromatic carbocycles. The smallest absolute Gasteiger partial charge is 0.280 e. The predicted molar refractivity (Wildman–Crippen MR) is 103 cm³/mol. The molecule has 1 atom stereocenters. The third-order valence-corrected chi connectivity index (χ3v) is 4.98. The number of fused-ring (bicyclic) bond motifs is 1. The second-order valence-corrected chi connectivity index (χ2v) is 7.09. The molecular formula is C21H21F2N3O3. The summed E-state index contributed by atoms with van der Waals surface area (Å²) in [5.74, 6) is -2.65. The van der Waals surface area contributed by atoms with E-state index >= 15 is 0 Å². The minimum absolute atomic E-state index is 0.160. The van der Waals surface area contributed by atoms with Gasteiger partial charge >= 0.3 is 0 Å². The van der Waals surface area contributed by atoms with Crippen molar-refractivity contribution < 1.29 is 22.7 Å². The first kappa shape index (κ1) is 19.3. The average Bonchev–Trinajstić information content (AvgIpc) is 3.03. The number of aromatic nitrogens is 1. The van der Waals surface area contributed by atoms with Crippen molar-refractivity contribution in [2.75, 3.05) is 13.1 Å². The summed E-state index contributed by atoms with van der Waals surface area (Å²) in [6, 6.07) is 7.63. The van der Waals surface area contributed by atoms with Crippen molar-refractivity contribution in [3.8, 4) is 5.75 Å². The highest BCUT2D eigenvalue weighted by molar-refractivity contribution is 6.07. The number of piperidine rings is 1. The number of carbonyl (C=O) groups excluding carboxylic acids is 1. The number of hydrogen-bond donors (Lipinski definition) is 2. The molecule has 0 saturated carbocycles. The molecule has 6 nitrogen and oxygen atoms in total. The van der Waals surface area contributed by atoms with Gasteiger partial charge in [-0.1, -0.05) is 6.07 Å². The molecule has 1 aliphatic heterocycles. The van der Waals surface area contributed by atoms with E-state index in [4.69, 9.17) is 9.15 Å². The fraction of sp³-hybridized carbons (Fsp3) is 0.333. The number of nitrogens with one attached hydrogen (secondary N) is 2. The molecule has 2 N–H and O–H groups in total. The van der Waals surface area contributed by atoms with Gasteiger partial charge in [-0.3, -0.25) is 9.78 Å². The summed E-state index contributed by atoms with van der Waals surface area (Å²) in [6.07, 6.45) is 3.55. The molecule has 2 aromatic heterocycles. The summed E-state index contributed by atoms with van der Waals surface area (Å²) in [7, 11) is 0. The van der Waals surface area contributed by atoms with Crippen molar-refractivity contribution >= 4 is 16.9 Å². The molecule has 152 valence electrons. The quantitative estimate of drug-likeness (QED) is 0.685. The van der Waals surface area contributed by atoms with Crippen molar-refractivity contribution in [1.82, 2.24) is 15.6 Å². The molecule has 3 heterocycles. The molecule has 3 aromatic rings. The van der Waals surface area contributed by atoms with E-state index < -0.39 is 24.4 Å². The van der Waals surface area contributed by atoms with E-state index in [0.717, 1.165) is 5.56 Å². The van der Waals surface area contributed by atoms with Gasteiger partial charge in [-0.15, -0.1) is 0 Å². The lowest BCUT2D eigenvalue weighted by molar-refractivity contribution is -0.0487. The zero-order valence-corrected chi connectivity index (χ0v) is 15.9. The lowest BCUT2D eigenvalue weighted by atomic mass is 10.0. The maximum Gasteiger partial charge on any atom is 0.280 e. The molecule has 1 aliphatic rings. The summed E-state index contributed by atoms with van der Waals surface area (Å²) in [4.78, 5) is 16.9. The third-order valence-electron chi connectivity index (χ3n) is 4.98. The van der Waals surface area contributed by atoms with Crippen LogP contribution in [0.5, 0.6) is 5.75 Å². The molecule has 0 aliphatic carbocycles. The van der Waals surface area contributed by atoms with Gasteiger partial charge in [0.1, 0.15) is 23.7 Å². The monoisotopic (exact) mass is 401 g/mol. The van der Waals surface area contributed by atoms with Crippen molar-refractivity contribution in [3.05, 3.63) is 59.6 Å². The van der Waals surface area contributed by atoms with Crippen molar-refractivity contribution in [2.24, 2.45) is 0 Å². The minimum atomic E-state index is -3.00. The third kappa shape index (κ3) is 4.07. The van der Waals surface area contributed by atoms with Gasteiger partial charge in [0.2, 0.25) is 0 Å². The van der Waals surface area contributed by atoms with E-state index in [2.05, 4.69) is 15.6 Å². The molecule has 8 heteroatoms. The number of aryl methyl sites for hydroxylation is 1. The fourth-order valence-corrected chi connectivity index (χ4v) is 3.47. The van der Waals surface area contributed by atoms with Crippen LogP contribution in [0, 0.1) is 6.92 Å². The Morgan fingerprint density at radius 2 is 2.28 bits per heavy atom. The molecule has 29 heavy (non-hydrogen) atoms. The zero-order chi connectivity index (χ0) is 20.4. The lowest BCUT2D eigenvalue weighted by Crippen LogP contribution is -2.57. The van der Waals surface area contributed by atoms with E-state index in [0.29, 0.717) is 35.6 Å². The molecule has 4 rings (SSSR count). The van der Waals surface area contributed by atoms with E-state index in [9.17, 15) is 13.6 Å². The van der Waals surface area contributed by atoms with Crippen LogP contribution >= 0.6 is 0 Å². The van der Waals surface area contributed by atoms with Crippen molar-refractivity contribution in [1.29, 1.82) is 0 Å². The second kappa shape index (κ2) is 7.79. The van der Waals surface area contributed by atoms with E-state index in [1.165, 1.54) is 0 Å². The zero-order valence-electron chi connectivity index (χ0n) is 15.9. The maximum absolute atomic E-state index is 14.1. The lowest BCUT2D eigenvalue weighted by Gasteiger charge is -2.32. The van der Waals surface area contributed by atoms with Crippen LogP contribution in [0.1, 0.15) is 28.1 Å². The number of amides is 1. The van der Waals surface area contributed by atoms with Gasteiger partial charge in [-0.25, -0.2) is 8.78 Å². The Morgan fingerprint density at radius 3 is 3.03 bits per heavy atom. The molecule has 1 saturated heterocycles. The largest absolute Gasteiger partial charge is 0.489 e. The molecular weight excluding hydrogens is 380 g/mol. The average molecular weight is 401 g/mol. The van der Waals surface area contributed by atoms with Crippen LogP contribution in [0.15, 0.2) is 47.1 Å². The fourth-order valence-electron chi connectivity index (χ4n) is 3.47. The Bertz CT molecular complexity index is 1020. The summed E-state index contributed by atoms with van der Waals surface area (Å²) in [6.45, 7) is 1.94. The van der Waals surface area contributed by atoms with Gasteiger partial charge in [0.15, 0.2) is 0 Å². The van der Waals surface area contributed by atoms with Crippen LogP contribution in [0.25, 0.3) is 11.0 Å². The predicted octanol–water partition coefficient (Wildman–Crippen LogP) is 3.44. The van der Waals surface area contributed by atoms with E-state index in [-0.39, 0.29) is 12.0 Å². The topological polar surface area (TPSA) is 76.4 Å². The first-order valence-electron chi connectivity index (χ1n) is 9.38. The Morgan fingerprint density at radius 1 is 1.41 bits per heavy atom. The molecule has 0 bridgehead atoms. The first-order valence-corrected chi connectivity index (χ1v) is 9.38. The number of rotatable bonds is 5. The Balaban J connectivity index is 1.56. The summed E-state index contributed by atoms with van der Waals surface area (Å²) < 4.78 is 39.6. The highest BCUT2D eigenvalue weighted by atomic mass is 19.3. The molecule has 0 radical (unpaired) electrons. The molecule has 0 spiro atoms. The Hall–Kier alpha value is -3.00. The number of pyridine rings is 1. The standard InChI is InChI=1S/C21H21F2N3O3/c1-13-19(20(27)26-18-6-8-25-12-21(18,22)23)16-9-15(4-5-17(16)29-13)28-11-14-3-2-7-24-10-14/h2-5,7,9-10,18,25H,6,8,11-12H2,1H3,(H,26,27). The van der Waals surface area contributed by atoms with Gasteiger partial charge in [0.25, 0.3) is 11.8 Å². The maximum atomic E-state index is 14.1. The Kier molecular flexibility index (Phi) is 5.19. The number of hydrogen-bond acceptors (Lipinski definition) is 5. The van der Waals surface area contributed by atoms with Gasteiger partial charge in [0.05, 0.1) is 18.2 Å². The van der Waals surface area contributed by atoms with Crippen LogP contribution in [0.2, 0.25) is 0 Å². The van der Waals surface area contributed by atoms with E-state index in [1.54, 1.807) is 37.5 Å². The van der Waals surface area contributed by atoms with Crippen LogP contribution < -0.4 is 15.4 Å². The number of nitrogens with zero attached hydrogens (tertiary/aromatic N) is 1. The number of ether oxygens (including phenoxy) is 1. The summed E-state index contributed by atoms with van der Waals surface area (Å²) in [5, 5.41) is 5.66. The molecule has 1 unspecified atom stereocenters. The number of halogens is 2. The number of benzene rings is 1. The van der Waals surface area contributed by atoms with Crippen molar-refractivity contribution in [2.45, 2.75) is 31.9 Å². The second-order valence-electron chi connectivity index (χ2n) is 7.09. The normalized spacial score (nSPS) is 18.5. The van der Waals surface area contributed by atoms with Crippen LogP contribution in [0.3, 0.4) is 0 Å². The minimum Gasteiger partial charge on any atom is -0.489 e. The van der Waals surface area contributed by atoms with Crippen LogP contribution in [0.4, 0.5) is 8.78 Å². The number of alkyl halides is 2. The van der Waals surface area contributed by atoms with Gasteiger partial charge in [-0.05, 0) is 44.2 Å². The summed E-state index contributed by atoms with van der Waals surface area (Å²) in [5.41, 5.74) is 1.65. The van der Waals surface area contributed by atoms with Crippen LogP contribution in [-0.4, -0.2) is 35.9 Å². The van der Waals surface area contributed by atoms with Gasteiger partial charge in [0, 0.05) is 23.3 Å².